The maximum absolute atomic E-state index is 12.7. The summed E-state index contributed by atoms with van der Waals surface area (Å²) < 4.78 is 0.844. The standard InChI is InChI=1S/C18H21BrN6O2/c1-24(2)16-8-6-14(22-23-16)18(27)25-9-3-4-12(11-25)17(26)21-15-7-5-13(19)10-20-15/h5-8,10,12H,3-4,9,11H2,1-2H3,(H,20,21,26). The fourth-order valence-corrected chi connectivity index (χ4v) is 3.13. The van der Waals surface area contributed by atoms with Crippen LogP contribution >= 0.6 is 15.9 Å². The number of hydrogen-bond donors (Lipinski definition) is 1. The molecule has 3 heterocycles. The van der Waals surface area contributed by atoms with Crippen molar-refractivity contribution in [3.05, 3.63) is 40.6 Å². The van der Waals surface area contributed by atoms with E-state index in [2.05, 4.69) is 36.4 Å². The quantitative estimate of drug-likeness (QED) is 0.795. The normalized spacial score (nSPS) is 16.7. The van der Waals surface area contributed by atoms with Gasteiger partial charge in [-0.15, -0.1) is 10.2 Å². The first kappa shape index (κ1) is 19.2. The predicted molar refractivity (Wildman–Crippen MR) is 106 cm³/mol. The van der Waals surface area contributed by atoms with Gasteiger partial charge in [-0.3, -0.25) is 9.59 Å². The largest absolute Gasteiger partial charge is 0.361 e. The molecule has 8 nitrogen and oxygen atoms in total. The summed E-state index contributed by atoms with van der Waals surface area (Å²) in [6.45, 7) is 0.967. The summed E-state index contributed by atoms with van der Waals surface area (Å²) in [6, 6.07) is 6.97. The number of rotatable bonds is 4. The Bertz CT molecular complexity index is 810. The predicted octanol–water partition coefficient (Wildman–Crippen LogP) is 2.19. The molecule has 2 aromatic heterocycles. The number of nitrogens with one attached hydrogen (secondary N) is 1. The molecule has 3 rings (SSSR count). The topological polar surface area (TPSA) is 91.3 Å². The van der Waals surface area contributed by atoms with E-state index >= 15 is 0 Å². The third kappa shape index (κ3) is 4.79. The molecule has 0 radical (unpaired) electrons. The lowest BCUT2D eigenvalue weighted by molar-refractivity contribution is -0.121. The Hall–Kier alpha value is -2.55. The van der Waals surface area contributed by atoms with Crippen LogP contribution in [0.2, 0.25) is 0 Å². The summed E-state index contributed by atoms with van der Waals surface area (Å²) in [6.07, 6.45) is 3.13. The molecule has 0 bridgehead atoms. The molecule has 2 aromatic rings. The highest BCUT2D eigenvalue weighted by molar-refractivity contribution is 9.10. The average molecular weight is 433 g/mol. The summed E-state index contributed by atoms with van der Waals surface area (Å²) in [4.78, 5) is 32.9. The summed E-state index contributed by atoms with van der Waals surface area (Å²) in [5.41, 5.74) is 0.288. The Labute approximate surface area is 166 Å². The Morgan fingerprint density at radius 2 is 2.04 bits per heavy atom. The van der Waals surface area contributed by atoms with Gasteiger partial charge in [0.1, 0.15) is 5.82 Å². The zero-order valence-electron chi connectivity index (χ0n) is 15.2. The maximum Gasteiger partial charge on any atom is 0.274 e. The van der Waals surface area contributed by atoms with Crippen LogP contribution in [0.25, 0.3) is 0 Å². The molecule has 0 saturated carbocycles. The smallest absolute Gasteiger partial charge is 0.274 e. The minimum atomic E-state index is -0.276. The van der Waals surface area contributed by atoms with Gasteiger partial charge in [0, 0.05) is 37.9 Å². The fraction of sp³-hybridized carbons (Fsp3) is 0.389. The molecule has 1 aliphatic heterocycles. The van der Waals surface area contributed by atoms with E-state index in [1.54, 1.807) is 29.3 Å². The summed E-state index contributed by atoms with van der Waals surface area (Å²) in [5, 5.41) is 10.9. The van der Waals surface area contributed by atoms with E-state index in [9.17, 15) is 9.59 Å². The molecule has 0 aromatic carbocycles. The van der Waals surface area contributed by atoms with Gasteiger partial charge in [-0.1, -0.05) is 0 Å². The maximum atomic E-state index is 12.7. The summed E-state index contributed by atoms with van der Waals surface area (Å²) in [7, 11) is 3.72. The minimum absolute atomic E-state index is 0.128. The highest BCUT2D eigenvalue weighted by Gasteiger charge is 2.29. The van der Waals surface area contributed by atoms with Crippen LogP contribution < -0.4 is 10.2 Å². The van der Waals surface area contributed by atoms with Gasteiger partial charge in [-0.05, 0) is 53.0 Å². The molecule has 0 aliphatic carbocycles. The Balaban J connectivity index is 1.63. The van der Waals surface area contributed by atoms with Crippen molar-refractivity contribution >= 4 is 39.4 Å². The van der Waals surface area contributed by atoms with Crippen LogP contribution in [0.15, 0.2) is 34.9 Å². The summed E-state index contributed by atoms with van der Waals surface area (Å²) in [5.74, 6) is 0.576. The first-order chi connectivity index (χ1) is 12.9. The number of carbonyl (C=O) groups excluding carboxylic acids is 2. The Kier molecular flexibility index (Phi) is 6.00. The van der Waals surface area contributed by atoms with Crippen LogP contribution in [0.3, 0.4) is 0 Å². The van der Waals surface area contributed by atoms with Gasteiger partial charge in [0.05, 0.1) is 5.92 Å². The third-order valence-electron chi connectivity index (χ3n) is 4.39. The van der Waals surface area contributed by atoms with E-state index < -0.39 is 0 Å². The minimum Gasteiger partial charge on any atom is -0.361 e. The van der Waals surface area contributed by atoms with Crippen molar-refractivity contribution < 1.29 is 9.59 Å². The van der Waals surface area contributed by atoms with Crippen LogP contribution in [-0.4, -0.2) is 59.1 Å². The number of likely N-dealkylation sites (tertiary alicyclic amines) is 1. The van der Waals surface area contributed by atoms with Crippen molar-refractivity contribution in [3.8, 4) is 0 Å². The van der Waals surface area contributed by atoms with Crippen LogP contribution in [0.4, 0.5) is 11.6 Å². The van der Waals surface area contributed by atoms with Crippen molar-refractivity contribution in [2.45, 2.75) is 12.8 Å². The van der Waals surface area contributed by atoms with E-state index in [1.807, 2.05) is 25.1 Å². The number of anilines is 2. The molecule has 1 N–H and O–H groups in total. The van der Waals surface area contributed by atoms with Crippen molar-refractivity contribution in [1.82, 2.24) is 20.1 Å². The van der Waals surface area contributed by atoms with Gasteiger partial charge in [0.15, 0.2) is 11.5 Å². The monoisotopic (exact) mass is 432 g/mol. The van der Waals surface area contributed by atoms with Gasteiger partial charge in [-0.2, -0.15) is 0 Å². The molecule has 1 aliphatic rings. The van der Waals surface area contributed by atoms with Crippen LogP contribution in [0, 0.1) is 5.92 Å². The van der Waals surface area contributed by atoms with Gasteiger partial charge in [0.25, 0.3) is 5.91 Å². The van der Waals surface area contributed by atoms with Crippen molar-refractivity contribution in [2.24, 2.45) is 5.92 Å². The van der Waals surface area contributed by atoms with E-state index in [1.165, 1.54) is 0 Å². The first-order valence-corrected chi connectivity index (χ1v) is 9.46. The lowest BCUT2D eigenvalue weighted by Gasteiger charge is -2.31. The Morgan fingerprint density at radius 3 is 2.67 bits per heavy atom. The van der Waals surface area contributed by atoms with Gasteiger partial charge >= 0.3 is 0 Å². The van der Waals surface area contributed by atoms with E-state index in [4.69, 9.17) is 0 Å². The number of aromatic nitrogens is 3. The molecule has 2 amide bonds. The second-order valence-corrected chi connectivity index (χ2v) is 7.53. The first-order valence-electron chi connectivity index (χ1n) is 8.67. The number of halogens is 1. The lowest BCUT2D eigenvalue weighted by atomic mass is 9.97. The molecule has 9 heteroatoms. The molecule has 27 heavy (non-hydrogen) atoms. The highest BCUT2D eigenvalue weighted by Crippen LogP contribution is 2.20. The van der Waals surface area contributed by atoms with Gasteiger partial charge < -0.3 is 15.1 Å². The van der Waals surface area contributed by atoms with E-state index in [-0.39, 0.29) is 23.4 Å². The molecule has 142 valence electrons. The second kappa shape index (κ2) is 8.43. The average Bonchev–Trinajstić information content (AvgIpc) is 2.69. The molecule has 1 unspecified atom stereocenters. The van der Waals surface area contributed by atoms with Crippen LogP contribution in [0.5, 0.6) is 0 Å². The number of amides is 2. The SMILES string of the molecule is CN(C)c1ccc(C(=O)N2CCCC(C(=O)Nc3ccc(Br)cn3)C2)nn1. The number of carbonyl (C=O) groups is 2. The van der Waals surface area contributed by atoms with Crippen molar-refractivity contribution in [2.75, 3.05) is 37.4 Å². The van der Waals surface area contributed by atoms with E-state index in [0.29, 0.717) is 24.7 Å². The highest BCUT2D eigenvalue weighted by atomic mass is 79.9. The second-order valence-electron chi connectivity index (χ2n) is 6.61. The van der Waals surface area contributed by atoms with Crippen LogP contribution in [-0.2, 0) is 4.79 Å². The number of nitrogens with zero attached hydrogens (tertiary/aromatic N) is 5. The van der Waals surface area contributed by atoms with Gasteiger partial charge in [0.2, 0.25) is 5.91 Å². The molecule has 1 fully saturated rings. The van der Waals surface area contributed by atoms with E-state index in [0.717, 1.165) is 17.3 Å². The lowest BCUT2D eigenvalue weighted by Crippen LogP contribution is -2.44. The van der Waals surface area contributed by atoms with Crippen molar-refractivity contribution in [1.29, 1.82) is 0 Å². The number of pyridine rings is 1. The zero-order chi connectivity index (χ0) is 19.4. The van der Waals surface area contributed by atoms with Gasteiger partial charge in [-0.25, -0.2) is 4.98 Å². The van der Waals surface area contributed by atoms with Crippen molar-refractivity contribution in [3.63, 3.8) is 0 Å². The molecule has 1 atom stereocenters. The molecule has 0 spiro atoms. The molecular formula is C18H21BrN6O2. The zero-order valence-corrected chi connectivity index (χ0v) is 16.8. The Morgan fingerprint density at radius 1 is 1.22 bits per heavy atom. The number of hydrogen-bond acceptors (Lipinski definition) is 6. The van der Waals surface area contributed by atoms with Crippen LogP contribution in [0.1, 0.15) is 23.3 Å². The molecular weight excluding hydrogens is 412 g/mol. The third-order valence-corrected chi connectivity index (χ3v) is 4.85. The summed E-state index contributed by atoms with van der Waals surface area (Å²) >= 11 is 3.31. The number of piperidine rings is 1. The fourth-order valence-electron chi connectivity index (χ4n) is 2.89. The molecule has 1 saturated heterocycles.